The summed E-state index contributed by atoms with van der Waals surface area (Å²) in [6.07, 6.45) is 7.30. The van der Waals surface area contributed by atoms with Crippen LogP contribution in [0.15, 0.2) is 79.3 Å². The van der Waals surface area contributed by atoms with Crippen LogP contribution in [0.4, 0.5) is 16.0 Å². The molecule has 0 unspecified atom stereocenters. The van der Waals surface area contributed by atoms with Crippen LogP contribution in [0.1, 0.15) is 65.6 Å². The molecule has 5 aromatic rings. The van der Waals surface area contributed by atoms with Gasteiger partial charge in [-0.25, -0.2) is 14.3 Å². The number of hydrogen-bond acceptors (Lipinski definition) is 7. The molecule has 2 N–H and O–H groups in total. The van der Waals surface area contributed by atoms with E-state index < -0.39 is 34.2 Å². The lowest BCUT2D eigenvalue weighted by molar-refractivity contribution is -0.125. The van der Waals surface area contributed by atoms with Crippen LogP contribution in [0, 0.1) is 24.1 Å². The van der Waals surface area contributed by atoms with Crippen LogP contribution in [-0.4, -0.2) is 42.8 Å². The van der Waals surface area contributed by atoms with Crippen molar-refractivity contribution in [1.29, 1.82) is 5.26 Å². The number of carbonyl (C=O) groups excluding carboxylic acids is 3. The van der Waals surface area contributed by atoms with Gasteiger partial charge in [0.2, 0.25) is 11.9 Å². The van der Waals surface area contributed by atoms with E-state index in [0.717, 1.165) is 22.5 Å². The van der Waals surface area contributed by atoms with Gasteiger partial charge in [0.05, 0.1) is 44.8 Å². The summed E-state index contributed by atoms with van der Waals surface area (Å²) in [4.78, 5) is 57.2. The van der Waals surface area contributed by atoms with Crippen molar-refractivity contribution in [3.8, 4) is 17.2 Å². The van der Waals surface area contributed by atoms with E-state index in [-0.39, 0.29) is 39.7 Å². The molecule has 8 rings (SSSR count). The van der Waals surface area contributed by atoms with Gasteiger partial charge in [-0.1, -0.05) is 47.5 Å². The van der Waals surface area contributed by atoms with Crippen molar-refractivity contribution < 1.29 is 18.8 Å². The van der Waals surface area contributed by atoms with Crippen molar-refractivity contribution in [3.63, 3.8) is 0 Å². The molecule has 0 saturated heterocycles. The summed E-state index contributed by atoms with van der Waals surface area (Å²) in [6, 6.07) is 19.2. The molecule has 14 heteroatoms. The van der Waals surface area contributed by atoms with Crippen molar-refractivity contribution in [1.82, 2.24) is 30.2 Å². The number of aromatic nitrogens is 4. The molecule has 0 radical (unpaired) electrons. The van der Waals surface area contributed by atoms with Gasteiger partial charge in [0, 0.05) is 35.6 Å². The summed E-state index contributed by atoms with van der Waals surface area (Å²) in [7, 11) is 0. The second-order valence-electron chi connectivity index (χ2n) is 14.1. The summed E-state index contributed by atoms with van der Waals surface area (Å²) in [5.74, 6) is -2.11. The molecule has 266 valence electrons. The van der Waals surface area contributed by atoms with Gasteiger partial charge >= 0.3 is 0 Å². The third-order valence-electron chi connectivity index (χ3n) is 10.3. The predicted octanol–water partition coefficient (Wildman–Crippen LogP) is 6.67. The van der Waals surface area contributed by atoms with Gasteiger partial charge in [0.1, 0.15) is 16.8 Å². The number of imidazole rings is 1. The van der Waals surface area contributed by atoms with Crippen LogP contribution in [-0.2, 0) is 27.1 Å². The van der Waals surface area contributed by atoms with E-state index in [1.54, 1.807) is 43.6 Å². The molecule has 0 spiro atoms. The lowest BCUT2D eigenvalue weighted by Crippen LogP contribution is -2.52. The molecule has 53 heavy (non-hydrogen) atoms. The Morgan fingerprint density at radius 3 is 2.13 bits per heavy atom. The number of anilines is 2. The zero-order chi connectivity index (χ0) is 37.3. The average molecular weight is 750 g/mol. The van der Waals surface area contributed by atoms with Crippen LogP contribution >= 0.6 is 23.2 Å². The monoisotopic (exact) mass is 748 g/mol. The maximum absolute atomic E-state index is 14.4. The third-order valence-corrected chi connectivity index (χ3v) is 10.9. The molecule has 2 aliphatic carbocycles. The first kappa shape index (κ1) is 34.4. The van der Waals surface area contributed by atoms with Crippen molar-refractivity contribution in [3.05, 3.63) is 123 Å². The molecular formula is C39H31Cl2FN8O3. The minimum Gasteiger partial charge on any atom is -0.343 e. The van der Waals surface area contributed by atoms with Crippen LogP contribution in [0.25, 0.3) is 11.1 Å². The average Bonchev–Trinajstić information content (AvgIpc) is 4.06. The first-order valence-electron chi connectivity index (χ1n) is 17.0. The van der Waals surface area contributed by atoms with Crippen LogP contribution in [0.3, 0.4) is 0 Å². The fourth-order valence-electron chi connectivity index (χ4n) is 6.94. The first-order valence-corrected chi connectivity index (χ1v) is 17.7. The third kappa shape index (κ3) is 5.90. The van der Waals surface area contributed by atoms with Gasteiger partial charge in [0.15, 0.2) is 5.82 Å². The quantitative estimate of drug-likeness (QED) is 0.160. The molecule has 2 aromatic carbocycles. The number of halogens is 3. The topological polar surface area (TPSA) is 146 Å². The number of benzene rings is 2. The van der Waals surface area contributed by atoms with Gasteiger partial charge in [0.25, 0.3) is 11.8 Å². The predicted molar refractivity (Wildman–Crippen MR) is 195 cm³/mol. The molecule has 2 saturated carbocycles. The summed E-state index contributed by atoms with van der Waals surface area (Å²) in [6.45, 7) is 3.60. The van der Waals surface area contributed by atoms with Gasteiger partial charge in [-0.2, -0.15) is 5.26 Å². The van der Waals surface area contributed by atoms with E-state index >= 15 is 0 Å². The standard InChI is InChI=1S/C39H31Cl2FN8O3/c1-22-3-8-25(19-44-22)26-9-10-31(45-20-26)38(11-12-38)48-34(52)39(13-14-39)47-33(51)30-21-46-36-49(27-15-28(40)32(42)29(41)16-27)35(53)37(2,50(30)36)17-23-4-6-24(18-43)7-5-23/h3-10,15-16,19-21H,11-14,17H2,1-2H3,(H,47,51)(H,48,52)/t37-/m1/s1. The number of hydrogen-bond donors (Lipinski definition) is 2. The lowest BCUT2D eigenvalue weighted by Gasteiger charge is -2.27. The second-order valence-corrected chi connectivity index (χ2v) is 14.9. The number of aryl methyl sites for hydroxylation is 1. The van der Waals surface area contributed by atoms with Crippen molar-refractivity contribution in [2.45, 2.75) is 62.6 Å². The Morgan fingerprint density at radius 2 is 1.57 bits per heavy atom. The summed E-state index contributed by atoms with van der Waals surface area (Å²) >= 11 is 12.3. The fourth-order valence-corrected chi connectivity index (χ4v) is 7.41. The Kier molecular flexibility index (Phi) is 8.12. The summed E-state index contributed by atoms with van der Waals surface area (Å²) in [5, 5.41) is 14.8. The van der Waals surface area contributed by atoms with E-state index in [0.29, 0.717) is 36.8 Å². The highest BCUT2D eigenvalue weighted by atomic mass is 35.5. The molecule has 1 atom stereocenters. The molecule has 3 amide bonds. The number of amides is 3. The molecule has 1 aliphatic heterocycles. The highest BCUT2D eigenvalue weighted by Crippen LogP contribution is 2.48. The Hall–Kier alpha value is -5.64. The minimum atomic E-state index is -1.41. The van der Waals surface area contributed by atoms with Crippen LogP contribution in [0.2, 0.25) is 10.0 Å². The summed E-state index contributed by atoms with van der Waals surface area (Å²) in [5.41, 5.74) is 1.69. The summed E-state index contributed by atoms with van der Waals surface area (Å²) < 4.78 is 16.0. The maximum Gasteiger partial charge on any atom is 0.270 e. The fraction of sp³-hybridized carbons (Fsp3) is 0.256. The highest BCUT2D eigenvalue weighted by Gasteiger charge is 2.57. The molecule has 11 nitrogen and oxygen atoms in total. The highest BCUT2D eigenvalue weighted by molar-refractivity contribution is 6.35. The number of fused-ring (bicyclic) bond motifs is 1. The van der Waals surface area contributed by atoms with Crippen LogP contribution < -0.4 is 15.5 Å². The SMILES string of the molecule is Cc1ccc(-c2ccc(C3(NC(=O)C4(NC(=O)c5cnc6n5[C@](C)(Cc5ccc(C#N)cc5)C(=O)N6c5cc(Cl)c(F)c(Cl)c5)CC4)CC3)nc2)cn1. The molecule has 4 heterocycles. The van der Waals surface area contributed by atoms with E-state index in [2.05, 4.69) is 26.7 Å². The Labute approximate surface area is 313 Å². The van der Waals surface area contributed by atoms with Crippen LogP contribution in [0.5, 0.6) is 0 Å². The molecule has 2 fully saturated rings. The van der Waals surface area contributed by atoms with Gasteiger partial charge in [-0.15, -0.1) is 0 Å². The second kappa shape index (κ2) is 12.5. The molecule has 3 aliphatic rings. The van der Waals surface area contributed by atoms with E-state index in [1.165, 1.54) is 27.8 Å². The zero-order valence-electron chi connectivity index (χ0n) is 28.6. The van der Waals surface area contributed by atoms with Gasteiger partial charge < -0.3 is 10.6 Å². The van der Waals surface area contributed by atoms with Gasteiger partial charge in [-0.3, -0.25) is 28.9 Å². The zero-order valence-corrected chi connectivity index (χ0v) is 30.1. The Bertz CT molecular complexity index is 2340. The van der Waals surface area contributed by atoms with E-state index in [9.17, 15) is 24.0 Å². The first-order chi connectivity index (χ1) is 25.4. The minimum absolute atomic E-state index is 0.0503. The molecule has 3 aromatic heterocycles. The number of carbonyl (C=O) groups is 3. The van der Waals surface area contributed by atoms with E-state index in [4.69, 9.17) is 28.2 Å². The number of nitrogens with zero attached hydrogens (tertiary/aromatic N) is 6. The largest absolute Gasteiger partial charge is 0.343 e. The van der Waals surface area contributed by atoms with Crippen molar-refractivity contribution >= 4 is 52.6 Å². The smallest absolute Gasteiger partial charge is 0.270 e. The molecular weight excluding hydrogens is 718 g/mol. The molecule has 0 bridgehead atoms. The normalized spacial score (nSPS) is 18.9. The van der Waals surface area contributed by atoms with Crippen molar-refractivity contribution in [2.24, 2.45) is 0 Å². The number of nitriles is 1. The maximum atomic E-state index is 14.4. The van der Waals surface area contributed by atoms with E-state index in [1.807, 2.05) is 31.2 Å². The number of nitrogens with one attached hydrogen (secondary N) is 2. The van der Waals surface area contributed by atoms with Gasteiger partial charge in [-0.05, 0) is 81.5 Å². The Balaban J connectivity index is 1.07. The Morgan fingerprint density at radius 1 is 0.906 bits per heavy atom. The number of rotatable bonds is 9. The van der Waals surface area contributed by atoms with Crippen molar-refractivity contribution in [2.75, 3.05) is 4.90 Å². The lowest BCUT2D eigenvalue weighted by atomic mass is 9.91. The number of pyridine rings is 2.